The smallest absolute Gasteiger partial charge is 0.251 e. The van der Waals surface area contributed by atoms with Gasteiger partial charge in [0.15, 0.2) is 0 Å². The van der Waals surface area contributed by atoms with E-state index >= 15 is 0 Å². The summed E-state index contributed by atoms with van der Waals surface area (Å²) in [6, 6.07) is 10.7. The lowest BCUT2D eigenvalue weighted by Gasteiger charge is -2.62. The lowest BCUT2D eigenvalue weighted by atomic mass is 9.45. The zero-order chi connectivity index (χ0) is 35.1. The van der Waals surface area contributed by atoms with Crippen LogP contribution < -0.4 is 25.6 Å². The van der Waals surface area contributed by atoms with Crippen molar-refractivity contribution in [1.82, 2.24) is 21.0 Å². The third kappa shape index (κ3) is 6.77. The first-order valence-corrected chi connectivity index (χ1v) is 17.0. The summed E-state index contributed by atoms with van der Waals surface area (Å²) in [5.41, 5.74) is 4.00. The summed E-state index contributed by atoms with van der Waals surface area (Å²) in [6.07, 6.45) is 0.623. The fourth-order valence-corrected chi connectivity index (χ4v) is 8.39. The molecule has 4 aliphatic rings. The molecule has 6 rings (SSSR count). The van der Waals surface area contributed by atoms with Crippen molar-refractivity contribution in [2.75, 3.05) is 39.7 Å². The van der Waals surface area contributed by atoms with Gasteiger partial charge in [-0.2, -0.15) is 5.06 Å². The van der Waals surface area contributed by atoms with E-state index < -0.39 is 24.2 Å². The predicted molar refractivity (Wildman–Crippen MR) is 185 cm³/mol. The summed E-state index contributed by atoms with van der Waals surface area (Å²) in [6.45, 7) is 10.3. The van der Waals surface area contributed by atoms with Crippen LogP contribution in [0, 0.1) is 29.1 Å². The highest BCUT2D eigenvalue weighted by Gasteiger charge is 2.57. The molecule has 0 spiro atoms. The number of carbonyl (C=O) groups excluding carboxylic acids is 3. The summed E-state index contributed by atoms with van der Waals surface area (Å²) in [4.78, 5) is 47.3. The second-order valence-electron chi connectivity index (χ2n) is 14.7. The number of nitrogens with zero attached hydrogens (tertiary/aromatic N) is 2. The van der Waals surface area contributed by atoms with Crippen LogP contribution in [0.1, 0.15) is 63.4 Å². The van der Waals surface area contributed by atoms with Crippen molar-refractivity contribution in [1.29, 1.82) is 0 Å². The molecular formula is C37H53N5O6. The fourth-order valence-electron chi connectivity index (χ4n) is 8.39. The van der Waals surface area contributed by atoms with Crippen LogP contribution in [0.3, 0.4) is 0 Å². The van der Waals surface area contributed by atoms with Crippen molar-refractivity contribution in [3.05, 3.63) is 47.5 Å². The molecule has 4 N–H and O–H groups in total. The van der Waals surface area contributed by atoms with Crippen molar-refractivity contribution in [2.45, 2.75) is 78.3 Å². The Balaban J connectivity index is 1.49. The molecule has 0 unspecified atom stereocenters. The van der Waals surface area contributed by atoms with Crippen molar-refractivity contribution in [3.8, 4) is 16.9 Å². The molecule has 1 heterocycles. The van der Waals surface area contributed by atoms with Gasteiger partial charge in [0, 0.05) is 68.9 Å². The van der Waals surface area contributed by atoms with E-state index in [1.807, 2.05) is 55.4 Å². The number of aliphatic hydroxyl groups excluding tert-OH is 1. The van der Waals surface area contributed by atoms with Gasteiger partial charge < -0.3 is 30.7 Å². The fraction of sp³-hybridized carbons (Fsp3) is 0.595. The summed E-state index contributed by atoms with van der Waals surface area (Å²) in [7, 11) is 7.04. The van der Waals surface area contributed by atoms with E-state index in [0.717, 1.165) is 28.8 Å². The van der Waals surface area contributed by atoms with Gasteiger partial charge in [0.25, 0.3) is 5.91 Å². The van der Waals surface area contributed by atoms with Crippen LogP contribution in [0.15, 0.2) is 36.4 Å². The van der Waals surface area contributed by atoms with E-state index in [0.29, 0.717) is 29.1 Å². The summed E-state index contributed by atoms with van der Waals surface area (Å²) in [5, 5.41) is 21.6. The second-order valence-corrected chi connectivity index (χ2v) is 14.7. The minimum atomic E-state index is -0.884. The Kier molecular flexibility index (Phi) is 10.4. The number of carbonyl (C=O) groups is 3. The molecule has 2 aromatic rings. The molecule has 11 nitrogen and oxygen atoms in total. The summed E-state index contributed by atoms with van der Waals surface area (Å²) in [5.74, 6) is 0.846. The number of ether oxygens (including phenoxy) is 1. The van der Waals surface area contributed by atoms with Crippen LogP contribution >= 0.6 is 0 Å². The zero-order valence-electron chi connectivity index (χ0n) is 29.8. The van der Waals surface area contributed by atoms with Crippen molar-refractivity contribution in [3.63, 3.8) is 0 Å². The quantitative estimate of drug-likeness (QED) is 0.287. The number of hydrogen-bond acceptors (Lipinski definition) is 8. The van der Waals surface area contributed by atoms with Gasteiger partial charge in [-0.1, -0.05) is 39.0 Å². The summed E-state index contributed by atoms with van der Waals surface area (Å²) < 4.78 is 6.01. The molecule has 3 aliphatic carbocycles. The Morgan fingerprint density at radius 2 is 1.90 bits per heavy atom. The highest BCUT2D eigenvalue weighted by molar-refractivity contribution is 5.97. The van der Waals surface area contributed by atoms with Crippen LogP contribution in [0.2, 0.25) is 0 Å². The standard InChI is InChI=1S/C37H53N5O6/c1-20-29-16-26(37(29,4)5)17-30(20)40-36(46)33-32(21(2)43)31(18-39-22(3)44)48-42(33)19-23-11-10-12-28(34(23)47-9)24-13-25(35(45)38-6)15-27(14-24)41(7)8/h10-15,20-21,26,29-33,43H,16-19H2,1-9H3,(H,38,45)(H,39,44)(H,40,46)/t20-,21-,26-,29+,30-,31-,32+,33-/m0/s1. The Bertz CT molecular complexity index is 1530. The Hall–Kier alpha value is -3.67. The van der Waals surface area contributed by atoms with Gasteiger partial charge in [-0.3, -0.25) is 19.2 Å². The van der Waals surface area contributed by atoms with E-state index in [2.05, 4.69) is 36.7 Å². The van der Waals surface area contributed by atoms with Crippen LogP contribution in [-0.4, -0.2) is 87.0 Å². The molecule has 48 heavy (non-hydrogen) atoms. The first kappa shape index (κ1) is 35.6. The largest absolute Gasteiger partial charge is 0.496 e. The number of hydrogen-bond donors (Lipinski definition) is 4. The first-order valence-electron chi connectivity index (χ1n) is 17.0. The molecule has 4 fully saturated rings. The van der Waals surface area contributed by atoms with Crippen LogP contribution in [0.5, 0.6) is 5.75 Å². The van der Waals surface area contributed by atoms with Crippen LogP contribution in [-0.2, 0) is 21.0 Å². The number of aliphatic hydroxyl groups is 1. The van der Waals surface area contributed by atoms with Gasteiger partial charge in [0.1, 0.15) is 17.9 Å². The van der Waals surface area contributed by atoms with Gasteiger partial charge in [-0.05, 0) is 66.7 Å². The van der Waals surface area contributed by atoms with Gasteiger partial charge >= 0.3 is 0 Å². The van der Waals surface area contributed by atoms with Gasteiger partial charge in [0.05, 0.1) is 19.8 Å². The van der Waals surface area contributed by atoms with Crippen LogP contribution in [0.25, 0.3) is 11.1 Å². The number of fused-ring (bicyclic) bond motifs is 2. The number of rotatable bonds is 11. The third-order valence-corrected chi connectivity index (χ3v) is 11.3. The highest BCUT2D eigenvalue weighted by atomic mass is 16.7. The average molecular weight is 664 g/mol. The van der Waals surface area contributed by atoms with E-state index in [4.69, 9.17) is 9.57 Å². The molecule has 2 bridgehead atoms. The molecule has 8 atom stereocenters. The second kappa shape index (κ2) is 14.1. The van der Waals surface area contributed by atoms with E-state index in [-0.39, 0.29) is 42.3 Å². The molecule has 1 saturated heterocycles. The number of amides is 3. The zero-order valence-corrected chi connectivity index (χ0v) is 29.8. The molecule has 3 amide bonds. The van der Waals surface area contributed by atoms with Crippen molar-refractivity contribution >= 4 is 23.4 Å². The predicted octanol–water partition coefficient (Wildman–Crippen LogP) is 3.59. The molecule has 3 saturated carbocycles. The maximum atomic E-state index is 14.3. The summed E-state index contributed by atoms with van der Waals surface area (Å²) >= 11 is 0. The lowest BCUT2D eigenvalue weighted by Crippen LogP contribution is -2.62. The monoisotopic (exact) mass is 663 g/mol. The van der Waals surface area contributed by atoms with Crippen molar-refractivity contribution in [2.24, 2.45) is 29.1 Å². The number of anilines is 1. The number of benzene rings is 2. The molecule has 1 aliphatic heterocycles. The van der Waals surface area contributed by atoms with E-state index in [9.17, 15) is 19.5 Å². The highest BCUT2D eigenvalue weighted by Crippen LogP contribution is 2.61. The Morgan fingerprint density at radius 1 is 1.17 bits per heavy atom. The number of hydroxylamine groups is 2. The molecule has 0 aromatic heterocycles. The number of methoxy groups -OCH3 is 1. The minimum Gasteiger partial charge on any atom is -0.496 e. The van der Waals surface area contributed by atoms with Gasteiger partial charge in [0.2, 0.25) is 11.8 Å². The number of nitrogens with one attached hydrogen (secondary N) is 3. The molecule has 11 heteroatoms. The minimum absolute atomic E-state index is 0.0384. The molecular weight excluding hydrogens is 610 g/mol. The topological polar surface area (TPSA) is 132 Å². The van der Waals surface area contributed by atoms with Crippen LogP contribution in [0.4, 0.5) is 5.69 Å². The van der Waals surface area contributed by atoms with Crippen molar-refractivity contribution < 1.29 is 29.1 Å². The third-order valence-electron chi connectivity index (χ3n) is 11.3. The van der Waals surface area contributed by atoms with E-state index in [1.54, 1.807) is 26.1 Å². The lowest BCUT2D eigenvalue weighted by molar-refractivity contribution is -0.177. The molecule has 262 valence electrons. The number of para-hydroxylation sites is 1. The molecule has 0 radical (unpaired) electrons. The normalized spacial score (nSPS) is 28.2. The molecule has 2 aromatic carbocycles. The maximum absolute atomic E-state index is 14.3. The van der Waals surface area contributed by atoms with E-state index in [1.165, 1.54) is 13.3 Å². The average Bonchev–Trinajstić information content (AvgIpc) is 3.41. The Labute approximate surface area is 284 Å². The van der Waals surface area contributed by atoms with Gasteiger partial charge in [-0.25, -0.2) is 0 Å². The maximum Gasteiger partial charge on any atom is 0.251 e. The van der Waals surface area contributed by atoms with Gasteiger partial charge in [-0.15, -0.1) is 0 Å². The SMILES string of the molecule is CNC(=O)c1cc(-c2cccc(CN3O[C@@H](CNC(C)=O)[C@@H]([C@H](C)O)[C@H]3C(=O)N[C@H]3C[C@@H]4C[C@H]([C@@H]3C)C4(C)C)c2OC)cc(N(C)C)c1. The first-order chi connectivity index (χ1) is 22.7. The Morgan fingerprint density at radius 3 is 2.48 bits per heavy atom.